The van der Waals surface area contributed by atoms with Crippen LogP contribution in [0.5, 0.6) is 11.5 Å². The predicted octanol–water partition coefficient (Wildman–Crippen LogP) is 8.15. The number of unbranched alkanes of at least 4 members (excludes halogenated alkanes) is 4. The van der Waals surface area contributed by atoms with E-state index in [9.17, 15) is 9.59 Å². The second kappa shape index (κ2) is 16.5. The molecule has 4 aromatic carbocycles. The maximum atomic E-state index is 12.5. The molecule has 0 aliphatic rings. The van der Waals surface area contributed by atoms with Gasteiger partial charge in [0, 0.05) is 12.8 Å². The van der Waals surface area contributed by atoms with Crippen molar-refractivity contribution in [2.75, 3.05) is 10.6 Å². The quantitative estimate of drug-likeness (QED) is 0.138. The van der Waals surface area contributed by atoms with Crippen molar-refractivity contribution in [1.29, 1.82) is 0 Å². The summed E-state index contributed by atoms with van der Waals surface area (Å²) in [5.74, 6) is 1.28. The molecule has 0 aliphatic heterocycles. The van der Waals surface area contributed by atoms with Gasteiger partial charge in [0.25, 0.3) is 0 Å². The smallest absolute Gasteiger partial charge is 0.224 e. The van der Waals surface area contributed by atoms with Crippen LogP contribution in [0.3, 0.4) is 0 Å². The zero-order chi connectivity index (χ0) is 28.5. The SMILES string of the molecule is O=C(CCCCCCCC(=O)Nc1ccccc1OCc1ccccc1)Nc1ccccc1OCc1ccccc1. The fourth-order valence-corrected chi connectivity index (χ4v) is 4.39. The normalized spacial score (nSPS) is 10.5. The molecule has 0 radical (unpaired) electrons. The lowest BCUT2D eigenvalue weighted by molar-refractivity contribution is -0.117. The third-order valence-corrected chi connectivity index (χ3v) is 6.60. The van der Waals surface area contributed by atoms with Gasteiger partial charge in [-0.25, -0.2) is 0 Å². The third kappa shape index (κ3) is 10.5. The van der Waals surface area contributed by atoms with Crippen LogP contribution in [-0.4, -0.2) is 11.8 Å². The van der Waals surface area contributed by atoms with Gasteiger partial charge in [-0.15, -0.1) is 0 Å². The first-order valence-corrected chi connectivity index (χ1v) is 14.3. The van der Waals surface area contributed by atoms with Crippen LogP contribution >= 0.6 is 0 Å². The zero-order valence-electron chi connectivity index (χ0n) is 23.4. The van der Waals surface area contributed by atoms with Crippen molar-refractivity contribution in [2.24, 2.45) is 0 Å². The molecule has 0 unspecified atom stereocenters. The molecule has 0 saturated carbocycles. The molecule has 6 heteroatoms. The Morgan fingerprint density at radius 1 is 0.463 bits per heavy atom. The second-order valence-electron chi connectivity index (χ2n) is 9.90. The molecule has 0 atom stereocenters. The molecular weight excluding hydrogens is 512 g/mol. The van der Waals surface area contributed by atoms with Crippen LogP contribution in [-0.2, 0) is 22.8 Å². The molecular formula is C35H38N2O4. The minimum atomic E-state index is -0.0201. The minimum absolute atomic E-state index is 0.0201. The van der Waals surface area contributed by atoms with Gasteiger partial charge in [0.05, 0.1) is 11.4 Å². The van der Waals surface area contributed by atoms with Gasteiger partial charge in [-0.2, -0.15) is 0 Å². The van der Waals surface area contributed by atoms with Gasteiger partial charge in [-0.05, 0) is 48.2 Å². The van der Waals surface area contributed by atoms with E-state index in [0.29, 0.717) is 48.9 Å². The van der Waals surface area contributed by atoms with Crippen LogP contribution in [0.25, 0.3) is 0 Å². The highest BCUT2D eigenvalue weighted by Crippen LogP contribution is 2.26. The molecule has 212 valence electrons. The molecule has 6 nitrogen and oxygen atoms in total. The number of anilines is 2. The number of carbonyl (C=O) groups is 2. The van der Waals surface area contributed by atoms with E-state index in [2.05, 4.69) is 10.6 Å². The Morgan fingerprint density at radius 3 is 1.27 bits per heavy atom. The standard InChI is InChI=1S/C35H38N2O4/c38-34(36-30-20-12-14-22-32(30)40-26-28-16-6-4-7-17-28)24-10-2-1-3-11-25-35(39)37-31-21-13-15-23-33(31)41-27-29-18-8-5-9-19-29/h4-9,12-23H,1-3,10-11,24-27H2,(H,36,38)(H,37,39). The van der Waals surface area contributed by atoms with Crippen LogP contribution in [0.15, 0.2) is 109 Å². The molecule has 2 amide bonds. The molecule has 0 aromatic heterocycles. The number of rotatable bonds is 16. The second-order valence-corrected chi connectivity index (χ2v) is 9.90. The van der Waals surface area contributed by atoms with E-state index in [1.807, 2.05) is 109 Å². The van der Waals surface area contributed by atoms with Gasteiger partial charge >= 0.3 is 0 Å². The highest BCUT2D eigenvalue weighted by atomic mass is 16.5. The molecule has 0 fully saturated rings. The Balaban J connectivity index is 1.09. The largest absolute Gasteiger partial charge is 0.487 e. The third-order valence-electron chi connectivity index (χ3n) is 6.60. The molecule has 0 spiro atoms. The van der Waals surface area contributed by atoms with Crippen LogP contribution in [0, 0.1) is 0 Å². The summed E-state index contributed by atoms with van der Waals surface area (Å²) in [7, 11) is 0. The molecule has 0 saturated heterocycles. The summed E-state index contributed by atoms with van der Waals surface area (Å²) < 4.78 is 11.9. The Kier molecular flexibility index (Phi) is 11.8. The fourth-order valence-electron chi connectivity index (χ4n) is 4.39. The number of hydrogen-bond acceptors (Lipinski definition) is 4. The summed E-state index contributed by atoms with van der Waals surface area (Å²) in [6.45, 7) is 0.889. The molecule has 0 heterocycles. The predicted molar refractivity (Wildman–Crippen MR) is 164 cm³/mol. The summed E-state index contributed by atoms with van der Waals surface area (Å²) in [6, 6.07) is 34.9. The first-order valence-electron chi connectivity index (χ1n) is 14.3. The number of carbonyl (C=O) groups excluding carboxylic acids is 2. The summed E-state index contributed by atoms with van der Waals surface area (Å²) in [5, 5.41) is 5.97. The van der Waals surface area contributed by atoms with Crippen LogP contribution < -0.4 is 20.1 Å². The number of ether oxygens (including phenoxy) is 2. The van der Waals surface area contributed by atoms with Gasteiger partial charge < -0.3 is 20.1 Å². The van der Waals surface area contributed by atoms with Crippen LogP contribution in [0.4, 0.5) is 11.4 Å². The van der Waals surface area contributed by atoms with E-state index in [4.69, 9.17) is 9.47 Å². The molecule has 4 rings (SSSR count). The van der Waals surface area contributed by atoms with E-state index in [1.54, 1.807) is 0 Å². The van der Waals surface area contributed by atoms with Crippen molar-refractivity contribution in [2.45, 2.75) is 58.2 Å². The summed E-state index contributed by atoms with van der Waals surface area (Å²) >= 11 is 0. The van der Waals surface area contributed by atoms with Crippen LogP contribution in [0.2, 0.25) is 0 Å². The van der Waals surface area contributed by atoms with E-state index in [1.165, 1.54) is 0 Å². The Labute approximate surface area is 242 Å². The Morgan fingerprint density at radius 2 is 0.829 bits per heavy atom. The first-order chi connectivity index (χ1) is 20.2. The van der Waals surface area contributed by atoms with E-state index < -0.39 is 0 Å². The summed E-state index contributed by atoms with van der Waals surface area (Å²) in [4.78, 5) is 25.0. The van der Waals surface area contributed by atoms with Gasteiger partial charge in [0.2, 0.25) is 11.8 Å². The van der Waals surface area contributed by atoms with Gasteiger partial charge in [0.1, 0.15) is 24.7 Å². The van der Waals surface area contributed by atoms with Gasteiger partial charge in [0.15, 0.2) is 0 Å². The van der Waals surface area contributed by atoms with Crippen molar-refractivity contribution in [1.82, 2.24) is 0 Å². The number of benzene rings is 4. The van der Waals surface area contributed by atoms with Crippen molar-refractivity contribution in [3.63, 3.8) is 0 Å². The molecule has 0 bridgehead atoms. The maximum Gasteiger partial charge on any atom is 0.224 e. The van der Waals surface area contributed by atoms with E-state index in [0.717, 1.165) is 43.2 Å². The molecule has 0 aliphatic carbocycles. The number of amides is 2. The maximum absolute atomic E-state index is 12.5. The first kappa shape index (κ1) is 29.4. The highest BCUT2D eigenvalue weighted by molar-refractivity contribution is 5.92. The van der Waals surface area contributed by atoms with Crippen molar-refractivity contribution in [3.05, 3.63) is 120 Å². The molecule has 41 heavy (non-hydrogen) atoms. The van der Waals surface area contributed by atoms with E-state index >= 15 is 0 Å². The fraction of sp³-hybridized carbons (Fsp3) is 0.257. The zero-order valence-corrected chi connectivity index (χ0v) is 23.4. The average molecular weight is 551 g/mol. The lowest BCUT2D eigenvalue weighted by Crippen LogP contribution is -2.12. The van der Waals surface area contributed by atoms with Crippen molar-refractivity contribution >= 4 is 23.2 Å². The Hall–Kier alpha value is -4.58. The topological polar surface area (TPSA) is 76.7 Å². The average Bonchev–Trinajstić information content (AvgIpc) is 3.01. The Bertz CT molecular complexity index is 1250. The van der Waals surface area contributed by atoms with Crippen molar-refractivity contribution in [3.8, 4) is 11.5 Å². The molecule has 4 aromatic rings. The lowest BCUT2D eigenvalue weighted by atomic mass is 10.1. The summed E-state index contributed by atoms with van der Waals surface area (Å²) in [6.07, 6.45) is 5.37. The number of nitrogens with one attached hydrogen (secondary N) is 2. The van der Waals surface area contributed by atoms with Gasteiger partial charge in [-0.3, -0.25) is 9.59 Å². The highest BCUT2D eigenvalue weighted by Gasteiger charge is 2.10. The van der Waals surface area contributed by atoms with Crippen molar-refractivity contribution < 1.29 is 19.1 Å². The minimum Gasteiger partial charge on any atom is -0.487 e. The monoisotopic (exact) mass is 550 g/mol. The van der Waals surface area contributed by atoms with E-state index in [-0.39, 0.29) is 11.8 Å². The number of hydrogen-bond donors (Lipinski definition) is 2. The van der Waals surface area contributed by atoms with Crippen LogP contribution in [0.1, 0.15) is 56.1 Å². The molecule has 2 N–H and O–H groups in total. The van der Waals surface area contributed by atoms with Gasteiger partial charge in [-0.1, -0.05) is 104 Å². The lowest BCUT2D eigenvalue weighted by Gasteiger charge is -2.13. The number of para-hydroxylation sites is 4. The summed E-state index contributed by atoms with van der Waals surface area (Å²) in [5.41, 5.74) is 3.52.